The molecule has 0 bridgehead atoms. The molecule has 0 saturated heterocycles. The van der Waals surface area contributed by atoms with Crippen LogP contribution in [0.25, 0.3) is 0 Å². The molecule has 0 rings (SSSR count). The third-order valence-corrected chi connectivity index (χ3v) is 4.58. The van der Waals surface area contributed by atoms with Crippen molar-refractivity contribution in [3.05, 3.63) is 0 Å². The number of amides is 1. The number of aliphatic hydroxyl groups excluding tert-OH is 4. The van der Waals surface area contributed by atoms with Crippen molar-refractivity contribution in [1.82, 2.24) is 5.32 Å². The van der Waals surface area contributed by atoms with E-state index in [1.165, 1.54) is 0 Å². The molecule has 8 heteroatoms. The minimum absolute atomic E-state index is 0.217. The van der Waals surface area contributed by atoms with Gasteiger partial charge in [-0.25, -0.2) is 4.79 Å². The SMILES string of the molecule is CCC(O)CCC(O)CCC(O)CCC(O)CCNC(=O)OC(C)(C)CN. The summed E-state index contributed by atoms with van der Waals surface area (Å²) in [4.78, 5) is 11.6. The molecule has 0 aromatic rings. The smallest absolute Gasteiger partial charge is 0.407 e. The topological polar surface area (TPSA) is 145 Å². The summed E-state index contributed by atoms with van der Waals surface area (Å²) in [5, 5.41) is 41.8. The highest BCUT2D eigenvalue weighted by Crippen LogP contribution is 2.14. The number of carbonyl (C=O) groups excluding carboxylic acids is 1. The van der Waals surface area contributed by atoms with Gasteiger partial charge in [0.1, 0.15) is 5.60 Å². The molecule has 4 unspecified atom stereocenters. The lowest BCUT2D eigenvalue weighted by molar-refractivity contribution is 0.0440. The zero-order valence-electron chi connectivity index (χ0n) is 17.1. The summed E-state index contributed by atoms with van der Waals surface area (Å²) in [6.45, 7) is 5.81. The van der Waals surface area contributed by atoms with Gasteiger partial charge in [0.2, 0.25) is 0 Å². The van der Waals surface area contributed by atoms with Gasteiger partial charge >= 0.3 is 6.09 Å². The predicted molar refractivity (Wildman–Crippen MR) is 104 cm³/mol. The molecule has 0 aliphatic heterocycles. The van der Waals surface area contributed by atoms with Crippen LogP contribution in [0, 0.1) is 0 Å². The van der Waals surface area contributed by atoms with Crippen molar-refractivity contribution in [2.45, 2.75) is 102 Å². The Balaban J connectivity index is 3.79. The minimum Gasteiger partial charge on any atom is -0.442 e. The summed E-state index contributed by atoms with van der Waals surface area (Å²) in [6.07, 6.45) is 1.18. The lowest BCUT2D eigenvalue weighted by Crippen LogP contribution is -2.40. The number of ether oxygens (including phenoxy) is 1. The maximum atomic E-state index is 11.6. The molecule has 27 heavy (non-hydrogen) atoms. The molecule has 0 aromatic heterocycles. The summed E-state index contributed by atoms with van der Waals surface area (Å²) >= 11 is 0. The summed E-state index contributed by atoms with van der Waals surface area (Å²) in [5.41, 5.74) is 4.75. The third-order valence-electron chi connectivity index (χ3n) is 4.58. The van der Waals surface area contributed by atoms with E-state index in [0.717, 1.165) is 0 Å². The number of alkyl carbamates (subject to hydrolysis) is 1. The number of hydrogen-bond acceptors (Lipinski definition) is 7. The van der Waals surface area contributed by atoms with Crippen LogP contribution >= 0.6 is 0 Å². The van der Waals surface area contributed by atoms with Gasteiger partial charge in [-0.05, 0) is 65.2 Å². The van der Waals surface area contributed by atoms with Gasteiger partial charge in [-0.3, -0.25) is 0 Å². The fourth-order valence-corrected chi connectivity index (χ4v) is 2.46. The molecule has 4 atom stereocenters. The second-order valence-electron chi connectivity index (χ2n) is 7.82. The molecular formula is C19H40N2O6. The van der Waals surface area contributed by atoms with Gasteiger partial charge in [0, 0.05) is 13.1 Å². The molecule has 0 spiro atoms. The molecule has 0 aliphatic rings. The molecule has 0 radical (unpaired) electrons. The van der Waals surface area contributed by atoms with Crippen molar-refractivity contribution in [3.63, 3.8) is 0 Å². The number of hydrogen-bond donors (Lipinski definition) is 6. The Morgan fingerprint density at radius 2 is 1.30 bits per heavy atom. The second kappa shape index (κ2) is 14.1. The average Bonchev–Trinajstić information content (AvgIpc) is 2.62. The fraction of sp³-hybridized carbons (Fsp3) is 0.947. The molecule has 0 heterocycles. The zero-order chi connectivity index (χ0) is 20.9. The van der Waals surface area contributed by atoms with Crippen molar-refractivity contribution in [2.24, 2.45) is 5.73 Å². The molecule has 8 nitrogen and oxygen atoms in total. The Labute approximate surface area is 163 Å². The molecule has 1 amide bonds. The van der Waals surface area contributed by atoms with E-state index in [1.54, 1.807) is 13.8 Å². The van der Waals surface area contributed by atoms with Crippen LogP contribution in [0.1, 0.15) is 72.1 Å². The summed E-state index contributed by atoms with van der Waals surface area (Å²) in [7, 11) is 0. The largest absolute Gasteiger partial charge is 0.442 e. The van der Waals surface area contributed by atoms with Crippen molar-refractivity contribution in [3.8, 4) is 0 Å². The number of nitrogens with one attached hydrogen (secondary N) is 1. The van der Waals surface area contributed by atoms with Gasteiger partial charge in [-0.1, -0.05) is 6.92 Å². The Morgan fingerprint density at radius 1 is 0.889 bits per heavy atom. The van der Waals surface area contributed by atoms with Gasteiger partial charge in [-0.2, -0.15) is 0 Å². The Hall–Kier alpha value is -0.930. The molecular weight excluding hydrogens is 352 g/mol. The van der Waals surface area contributed by atoms with E-state index < -0.39 is 30.0 Å². The van der Waals surface area contributed by atoms with Gasteiger partial charge < -0.3 is 36.2 Å². The lowest BCUT2D eigenvalue weighted by atomic mass is 10.00. The summed E-state index contributed by atoms with van der Waals surface area (Å²) in [6, 6.07) is 0. The van der Waals surface area contributed by atoms with Gasteiger partial charge in [-0.15, -0.1) is 0 Å². The standard InChI is InChI=1S/C19H40N2O6/c1-4-14(22)5-6-15(23)7-8-16(24)9-10-17(25)11-12-21-18(26)27-19(2,3)13-20/h14-17,22-25H,4-13,20H2,1-3H3,(H,21,26). The van der Waals surface area contributed by atoms with Gasteiger partial charge in [0.25, 0.3) is 0 Å². The second-order valence-corrected chi connectivity index (χ2v) is 7.82. The zero-order valence-corrected chi connectivity index (χ0v) is 17.1. The maximum absolute atomic E-state index is 11.6. The van der Waals surface area contributed by atoms with Crippen LogP contribution in [-0.2, 0) is 4.74 Å². The number of rotatable bonds is 15. The number of carbonyl (C=O) groups is 1. The van der Waals surface area contributed by atoms with Crippen LogP contribution in [0.15, 0.2) is 0 Å². The minimum atomic E-state index is -0.730. The van der Waals surface area contributed by atoms with E-state index in [2.05, 4.69) is 5.32 Å². The lowest BCUT2D eigenvalue weighted by Gasteiger charge is -2.23. The highest BCUT2D eigenvalue weighted by molar-refractivity contribution is 5.67. The Morgan fingerprint density at radius 3 is 1.70 bits per heavy atom. The molecule has 162 valence electrons. The van der Waals surface area contributed by atoms with Crippen LogP contribution in [0.3, 0.4) is 0 Å². The van der Waals surface area contributed by atoms with Crippen molar-refractivity contribution < 1.29 is 30.0 Å². The molecule has 0 aliphatic carbocycles. The van der Waals surface area contributed by atoms with E-state index in [-0.39, 0.29) is 19.2 Å². The average molecular weight is 393 g/mol. The highest BCUT2D eigenvalue weighted by atomic mass is 16.6. The van der Waals surface area contributed by atoms with Crippen molar-refractivity contribution in [1.29, 1.82) is 0 Å². The van der Waals surface area contributed by atoms with E-state index >= 15 is 0 Å². The van der Waals surface area contributed by atoms with E-state index in [9.17, 15) is 25.2 Å². The van der Waals surface area contributed by atoms with Crippen molar-refractivity contribution >= 4 is 6.09 Å². The normalized spacial score (nSPS) is 16.4. The maximum Gasteiger partial charge on any atom is 0.407 e. The molecule has 7 N–H and O–H groups in total. The van der Waals surface area contributed by atoms with E-state index in [4.69, 9.17) is 10.5 Å². The van der Waals surface area contributed by atoms with Crippen LogP contribution in [-0.4, -0.2) is 69.6 Å². The van der Waals surface area contributed by atoms with Crippen LogP contribution in [0.5, 0.6) is 0 Å². The van der Waals surface area contributed by atoms with Crippen LogP contribution in [0.2, 0.25) is 0 Å². The first-order valence-corrected chi connectivity index (χ1v) is 9.98. The summed E-state index contributed by atoms with van der Waals surface area (Å²) < 4.78 is 5.13. The van der Waals surface area contributed by atoms with Crippen LogP contribution in [0.4, 0.5) is 4.79 Å². The third kappa shape index (κ3) is 14.8. The Bertz CT molecular complexity index is 394. The highest BCUT2D eigenvalue weighted by Gasteiger charge is 2.20. The van der Waals surface area contributed by atoms with E-state index in [1.807, 2.05) is 6.92 Å². The monoisotopic (exact) mass is 392 g/mol. The first kappa shape index (κ1) is 26.1. The first-order valence-electron chi connectivity index (χ1n) is 9.98. The number of nitrogens with two attached hydrogens (primary N) is 1. The summed E-state index contributed by atoms with van der Waals surface area (Å²) in [5.74, 6) is 0. The van der Waals surface area contributed by atoms with E-state index in [0.29, 0.717) is 51.4 Å². The van der Waals surface area contributed by atoms with Crippen LogP contribution < -0.4 is 11.1 Å². The number of aliphatic hydroxyl groups is 4. The predicted octanol–water partition coefficient (Wildman–Crippen LogP) is 1.03. The fourth-order valence-electron chi connectivity index (χ4n) is 2.46. The molecule has 0 aromatic carbocycles. The van der Waals surface area contributed by atoms with Crippen molar-refractivity contribution in [2.75, 3.05) is 13.1 Å². The Kier molecular flexibility index (Phi) is 13.6. The molecule has 0 saturated carbocycles. The van der Waals surface area contributed by atoms with Gasteiger partial charge in [0.15, 0.2) is 0 Å². The first-order chi connectivity index (χ1) is 12.6. The quantitative estimate of drug-likeness (QED) is 0.244. The van der Waals surface area contributed by atoms with Gasteiger partial charge in [0.05, 0.1) is 24.4 Å². The molecule has 0 fully saturated rings.